The first-order chi connectivity index (χ1) is 7.97. The van der Waals surface area contributed by atoms with Crippen LogP contribution in [0.2, 0.25) is 5.02 Å². The van der Waals surface area contributed by atoms with Gasteiger partial charge in [-0.15, -0.1) is 11.3 Å². The van der Waals surface area contributed by atoms with Gasteiger partial charge in [-0.1, -0.05) is 11.6 Å². The number of nitrogens with zero attached hydrogens (tertiary/aromatic N) is 1. The summed E-state index contributed by atoms with van der Waals surface area (Å²) in [6.07, 6.45) is 0. The highest BCUT2D eigenvalue weighted by molar-refractivity contribution is 7.15. The van der Waals surface area contributed by atoms with Crippen LogP contribution in [0.1, 0.15) is 23.5 Å². The first-order valence-electron chi connectivity index (χ1n) is 5.16. The second-order valence-corrected chi connectivity index (χ2v) is 5.38. The molecule has 1 unspecified atom stereocenters. The van der Waals surface area contributed by atoms with Crippen molar-refractivity contribution in [3.63, 3.8) is 0 Å². The van der Waals surface area contributed by atoms with E-state index in [9.17, 15) is 4.39 Å². The molecule has 5 heteroatoms. The number of hydrogen-bond donors (Lipinski definition) is 1. The highest BCUT2D eigenvalue weighted by Crippen LogP contribution is 2.32. The molecule has 0 aliphatic carbocycles. The standard InChI is InChI=1S/C12H12ClFN2S/c1-6(15)11-7(2)16-12(17-11)8-3-9(13)5-10(14)4-8/h3-6H,15H2,1-2H3. The molecule has 0 saturated heterocycles. The number of benzene rings is 1. The first kappa shape index (κ1) is 12.5. The molecule has 0 radical (unpaired) electrons. The quantitative estimate of drug-likeness (QED) is 0.898. The topological polar surface area (TPSA) is 38.9 Å². The van der Waals surface area contributed by atoms with Gasteiger partial charge in [-0.2, -0.15) is 0 Å². The van der Waals surface area contributed by atoms with Crippen molar-refractivity contribution in [3.05, 3.63) is 39.6 Å². The Morgan fingerprint density at radius 2 is 2.12 bits per heavy atom. The van der Waals surface area contributed by atoms with Gasteiger partial charge in [0.2, 0.25) is 0 Å². The van der Waals surface area contributed by atoms with E-state index in [4.69, 9.17) is 17.3 Å². The number of aryl methyl sites for hydroxylation is 1. The molecule has 0 spiro atoms. The number of nitrogens with two attached hydrogens (primary N) is 1. The molecule has 1 heterocycles. The van der Waals surface area contributed by atoms with Crippen LogP contribution in [0.4, 0.5) is 4.39 Å². The Balaban J connectivity index is 2.49. The summed E-state index contributed by atoms with van der Waals surface area (Å²) in [5.41, 5.74) is 7.42. The van der Waals surface area contributed by atoms with E-state index in [2.05, 4.69) is 4.98 Å². The van der Waals surface area contributed by atoms with Crippen molar-refractivity contribution in [3.8, 4) is 10.6 Å². The van der Waals surface area contributed by atoms with E-state index in [1.54, 1.807) is 6.07 Å². The zero-order valence-electron chi connectivity index (χ0n) is 9.50. The van der Waals surface area contributed by atoms with Gasteiger partial charge in [0.15, 0.2) is 0 Å². The van der Waals surface area contributed by atoms with Crippen LogP contribution in [0.15, 0.2) is 18.2 Å². The third-order valence-electron chi connectivity index (χ3n) is 2.36. The van der Waals surface area contributed by atoms with E-state index in [1.807, 2.05) is 13.8 Å². The summed E-state index contributed by atoms with van der Waals surface area (Å²) in [6.45, 7) is 3.81. The molecule has 17 heavy (non-hydrogen) atoms. The van der Waals surface area contributed by atoms with Gasteiger partial charge in [0.1, 0.15) is 10.8 Å². The van der Waals surface area contributed by atoms with Gasteiger partial charge >= 0.3 is 0 Å². The van der Waals surface area contributed by atoms with E-state index < -0.39 is 0 Å². The molecule has 90 valence electrons. The highest BCUT2D eigenvalue weighted by atomic mass is 35.5. The molecule has 1 aromatic heterocycles. The van der Waals surface area contributed by atoms with Crippen LogP contribution < -0.4 is 5.73 Å². The fourth-order valence-electron chi connectivity index (χ4n) is 1.63. The maximum Gasteiger partial charge on any atom is 0.125 e. The Morgan fingerprint density at radius 3 is 2.65 bits per heavy atom. The van der Waals surface area contributed by atoms with E-state index in [0.29, 0.717) is 10.6 Å². The van der Waals surface area contributed by atoms with Crippen LogP contribution in [0.25, 0.3) is 10.6 Å². The van der Waals surface area contributed by atoms with E-state index >= 15 is 0 Å². The lowest BCUT2D eigenvalue weighted by Crippen LogP contribution is -2.03. The van der Waals surface area contributed by atoms with E-state index in [0.717, 1.165) is 15.6 Å². The summed E-state index contributed by atoms with van der Waals surface area (Å²) in [6, 6.07) is 4.34. The summed E-state index contributed by atoms with van der Waals surface area (Å²) >= 11 is 7.30. The molecular formula is C12H12ClFN2S. The number of rotatable bonds is 2. The first-order valence-corrected chi connectivity index (χ1v) is 6.36. The Hall–Kier alpha value is -0.970. The predicted octanol–water partition coefficient (Wildman–Crippen LogP) is 3.93. The van der Waals surface area contributed by atoms with Crippen LogP contribution in [-0.4, -0.2) is 4.98 Å². The smallest absolute Gasteiger partial charge is 0.125 e. The van der Waals surface area contributed by atoms with Crippen molar-refractivity contribution in [1.82, 2.24) is 4.98 Å². The van der Waals surface area contributed by atoms with Crippen LogP contribution in [-0.2, 0) is 0 Å². The minimum Gasteiger partial charge on any atom is -0.323 e. The molecule has 2 N–H and O–H groups in total. The Morgan fingerprint density at radius 1 is 1.41 bits per heavy atom. The number of halogens is 2. The Kier molecular flexibility index (Phi) is 3.47. The van der Waals surface area contributed by atoms with Gasteiger partial charge in [-0.05, 0) is 32.0 Å². The van der Waals surface area contributed by atoms with Crippen molar-refractivity contribution >= 4 is 22.9 Å². The molecule has 0 amide bonds. The fourth-order valence-corrected chi connectivity index (χ4v) is 2.86. The molecule has 0 aliphatic heterocycles. The second-order valence-electron chi connectivity index (χ2n) is 3.92. The van der Waals surface area contributed by atoms with E-state index in [-0.39, 0.29) is 11.9 Å². The van der Waals surface area contributed by atoms with Gasteiger partial charge < -0.3 is 5.73 Å². The van der Waals surface area contributed by atoms with Crippen molar-refractivity contribution in [2.24, 2.45) is 5.73 Å². The highest BCUT2D eigenvalue weighted by Gasteiger charge is 2.13. The Bertz CT molecular complexity index is 531. The molecule has 0 bridgehead atoms. The molecule has 2 rings (SSSR count). The lowest BCUT2D eigenvalue weighted by Gasteiger charge is -2.00. The lowest BCUT2D eigenvalue weighted by molar-refractivity contribution is 0.628. The number of thiazole rings is 1. The zero-order chi connectivity index (χ0) is 12.6. The lowest BCUT2D eigenvalue weighted by atomic mass is 10.2. The number of aromatic nitrogens is 1. The minimum absolute atomic E-state index is 0.0646. The average Bonchev–Trinajstić information content (AvgIpc) is 2.59. The molecule has 0 aliphatic rings. The summed E-state index contributed by atoms with van der Waals surface area (Å²) in [7, 11) is 0. The van der Waals surface area contributed by atoms with Crippen LogP contribution in [0, 0.1) is 12.7 Å². The average molecular weight is 271 g/mol. The summed E-state index contributed by atoms with van der Waals surface area (Å²) in [5.74, 6) is -0.359. The molecule has 0 saturated carbocycles. The monoisotopic (exact) mass is 270 g/mol. The predicted molar refractivity (Wildman–Crippen MR) is 69.9 cm³/mol. The van der Waals surface area contributed by atoms with Crippen molar-refractivity contribution in [2.75, 3.05) is 0 Å². The molecular weight excluding hydrogens is 259 g/mol. The van der Waals surface area contributed by atoms with Gasteiger partial charge in [0.25, 0.3) is 0 Å². The maximum atomic E-state index is 13.2. The van der Waals surface area contributed by atoms with Gasteiger partial charge in [0.05, 0.1) is 5.69 Å². The molecule has 0 fully saturated rings. The van der Waals surface area contributed by atoms with Crippen LogP contribution >= 0.6 is 22.9 Å². The third kappa shape index (κ3) is 2.65. The second kappa shape index (κ2) is 4.72. The van der Waals surface area contributed by atoms with Crippen molar-refractivity contribution < 1.29 is 4.39 Å². The summed E-state index contributed by atoms with van der Waals surface area (Å²) in [4.78, 5) is 5.41. The Labute approximate surface area is 108 Å². The number of hydrogen-bond acceptors (Lipinski definition) is 3. The summed E-state index contributed by atoms with van der Waals surface area (Å²) < 4.78 is 13.2. The molecule has 2 nitrogen and oxygen atoms in total. The third-order valence-corrected chi connectivity index (χ3v) is 3.98. The van der Waals surface area contributed by atoms with Crippen molar-refractivity contribution in [2.45, 2.75) is 19.9 Å². The SMILES string of the molecule is Cc1nc(-c2cc(F)cc(Cl)c2)sc1C(C)N. The zero-order valence-corrected chi connectivity index (χ0v) is 11.1. The summed E-state index contributed by atoms with van der Waals surface area (Å²) in [5, 5.41) is 1.12. The molecule has 2 aromatic rings. The largest absolute Gasteiger partial charge is 0.323 e. The minimum atomic E-state index is -0.359. The van der Waals surface area contributed by atoms with Gasteiger partial charge in [0, 0.05) is 21.5 Å². The van der Waals surface area contributed by atoms with Gasteiger partial charge in [-0.3, -0.25) is 0 Å². The fraction of sp³-hybridized carbons (Fsp3) is 0.250. The van der Waals surface area contributed by atoms with Crippen LogP contribution in [0.5, 0.6) is 0 Å². The molecule has 1 aromatic carbocycles. The normalized spacial score (nSPS) is 12.8. The van der Waals surface area contributed by atoms with Crippen molar-refractivity contribution in [1.29, 1.82) is 0 Å². The van der Waals surface area contributed by atoms with E-state index in [1.165, 1.54) is 23.5 Å². The molecule has 1 atom stereocenters. The maximum absolute atomic E-state index is 13.2. The van der Waals surface area contributed by atoms with Crippen LogP contribution in [0.3, 0.4) is 0 Å². The van der Waals surface area contributed by atoms with Gasteiger partial charge in [-0.25, -0.2) is 9.37 Å².